The Balaban J connectivity index is 3.22. The van der Waals surface area contributed by atoms with Crippen LogP contribution in [0, 0.1) is 15.9 Å². The molecule has 0 unspecified atom stereocenters. The Labute approximate surface area is 82.2 Å². The van der Waals surface area contributed by atoms with E-state index >= 15 is 0 Å². The van der Waals surface area contributed by atoms with E-state index in [4.69, 9.17) is 15.7 Å². The van der Waals surface area contributed by atoms with Crippen molar-refractivity contribution in [1.82, 2.24) is 0 Å². The average molecular weight is 209 g/mol. The molecule has 0 aliphatic rings. The van der Waals surface area contributed by atoms with E-state index in [0.29, 0.717) is 6.07 Å². The fourth-order valence-corrected chi connectivity index (χ4v) is 0.935. The van der Waals surface area contributed by atoms with E-state index in [2.05, 4.69) is 4.74 Å². The number of non-ortho nitro benzene ring substituents is 1. The largest absolute Gasteiger partial charge is 0.493 e. The van der Waals surface area contributed by atoms with E-state index in [-0.39, 0.29) is 0 Å². The van der Waals surface area contributed by atoms with E-state index < -0.39 is 34.2 Å². The van der Waals surface area contributed by atoms with Crippen LogP contribution in [0.15, 0.2) is 12.1 Å². The summed E-state index contributed by atoms with van der Waals surface area (Å²) in [6.07, 6.45) is 0. The summed E-state index contributed by atoms with van der Waals surface area (Å²) in [4.78, 5) is 9.57. The second-order valence-electron chi connectivity index (χ2n) is 2.10. The lowest BCUT2D eigenvalue weighted by atomic mass is 10.3. The highest BCUT2D eigenvalue weighted by atomic mass is 35.5. The Hall–Kier alpha value is -1.36. The number of ether oxygens (including phenoxy) is 1. The smallest absolute Gasteiger partial charge is 0.274 e. The Morgan fingerprint density at radius 2 is 2.46 bits per heavy atom. The van der Waals surface area contributed by atoms with Crippen LogP contribution in [0.2, 0.25) is 5.02 Å². The highest BCUT2D eigenvalue weighted by molar-refractivity contribution is 6.31. The summed E-state index contributed by atoms with van der Waals surface area (Å²) >= 11 is 5.35. The van der Waals surface area contributed by atoms with Gasteiger partial charge in [0.25, 0.3) is 5.69 Å². The lowest BCUT2D eigenvalue weighted by Crippen LogP contribution is -1.93. The number of nitro benzene ring substituents is 1. The molecule has 0 fully saturated rings. The van der Waals surface area contributed by atoms with Gasteiger partial charge in [0.15, 0.2) is 11.6 Å². The molecule has 1 aromatic rings. The number of nitrogens with zero attached hydrogens (tertiary/aromatic N) is 1. The third-order valence-corrected chi connectivity index (χ3v) is 1.58. The number of nitro groups is 1. The summed E-state index contributed by atoms with van der Waals surface area (Å²) < 4.78 is 37.7. The Morgan fingerprint density at radius 1 is 1.77 bits per heavy atom. The van der Waals surface area contributed by atoms with E-state index in [1.54, 1.807) is 0 Å². The van der Waals surface area contributed by atoms with Crippen molar-refractivity contribution in [3.05, 3.63) is 33.1 Å². The Morgan fingerprint density at radius 3 is 3.00 bits per heavy atom. The number of rotatable bonds is 2. The molecule has 0 bridgehead atoms. The lowest BCUT2D eigenvalue weighted by molar-refractivity contribution is -0.385. The van der Waals surface area contributed by atoms with Crippen LogP contribution in [0.3, 0.4) is 0 Å². The van der Waals surface area contributed by atoms with Gasteiger partial charge in [-0.3, -0.25) is 10.1 Å². The molecule has 0 heterocycles. The maximum atomic E-state index is 13.2. The number of methoxy groups -OCH3 is 1. The zero-order valence-corrected chi connectivity index (χ0v) is 6.84. The monoisotopic (exact) mass is 208 g/mol. The molecular weight excluding hydrogens is 201 g/mol. The zero-order chi connectivity index (χ0) is 12.5. The van der Waals surface area contributed by atoms with Crippen molar-refractivity contribution in [1.29, 1.82) is 0 Å². The molecule has 1 rings (SSSR count). The molecule has 70 valence electrons. The van der Waals surface area contributed by atoms with Gasteiger partial charge in [0.2, 0.25) is 0 Å². The van der Waals surface area contributed by atoms with Gasteiger partial charge in [-0.15, -0.1) is 0 Å². The topological polar surface area (TPSA) is 52.4 Å². The van der Waals surface area contributed by atoms with Crippen molar-refractivity contribution >= 4 is 17.3 Å². The first kappa shape index (κ1) is 6.15. The molecule has 0 radical (unpaired) electrons. The van der Waals surface area contributed by atoms with Gasteiger partial charge >= 0.3 is 0 Å². The molecule has 0 saturated heterocycles. The minimum absolute atomic E-state index is 0.550. The normalized spacial score (nSPS) is 14.2. The highest BCUT2D eigenvalue weighted by Gasteiger charge is 2.15. The molecule has 0 atom stereocenters. The van der Waals surface area contributed by atoms with Gasteiger partial charge in [-0.2, -0.15) is 0 Å². The molecular formula is C7H5ClFNO3. The van der Waals surface area contributed by atoms with Crippen LogP contribution in [0.1, 0.15) is 4.11 Å². The number of hydrogen-bond acceptors (Lipinski definition) is 3. The second kappa shape index (κ2) is 3.57. The van der Waals surface area contributed by atoms with Gasteiger partial charge in [0.05, 0.1) is 27.2 Å². The maximum Gasteiger partial charge on any atom is 0.274 e. The van der Waals surface area contributed by atoms with Crippen molar-refractivity contribution < 1.29 is 18.2 Å². The number of benzene rings is 1. The predicted molar refractivity (Wildman–Crippen MR) is 44.6 cm³/mol. The summed E-state index contributed by atoms with van der Waals surface area (Å²) in [7, 11) is -2.90. The summed E-state index contributed by atoms with van der Waals surface area (Å²) in [5, 5.41) is 9.84. The molecule has 0 aliphatic carbocycles. The second-order valence-corrected chi connectivity index (χ2v) is 2.51. The van der Waals surface area contributed by atoms with Crippen LogP contribution < -0.4 is 4.74 Å². The van der Waals surface area contributed by atoms with Crippen molar-refractivity contribution in [2.24, 2.45) is 0 Å². The first-order valence-electron chi connectivity index (χ1n) is 4.53. The number of hydrogen-bond donors (Lipinski definition) is 0. The fourth-order valence-electron chi connectivity index (χ4n) is 0.730. The highest BCUT2D eigenvalue weighted by Crippen LogP contribution is 2.29. The lowest BCUT2D eigenvalue weighted by Gasteiger charge is -2.02. The first-order chi connectivity index (χ1) is 7.20. The standard InChI is InChI=1S/C7H5ClFNO3/c1-13-6-3-4(10(11)12)2-5(8)7(6)9/h2-3H,1H3/i1D3. The average Bonchev–Trinajstić information content (AvgIpc) is 2.10. The molecule has 0 aliphatic heterocycles. The summed E-state index contributed by atoms with van der Waals surface area (Å²) in [5.41, 5.74) is -0.550. The van der Waals surface area contributed by atoms with E-state index in [1.165, 1.54) is 0 Å². The van der Waals surface area contributed by atoms with Gasteiger partial charge in [-0.25, -0.2) is 4.39 Å². The van der Waals surface area contributed by atoms with Crippen LogP contribution in [-0.4, -0.2) is 12.0 Å². The van der Waals surface area contributed by atoms with E-state index in [9.17, 15) is 14.5 Å². The van der Waals surface area contributed by atoms with Gasteiger partial charge < -0.3 is 4.74 Å². The Bertz CT molecular complexity index is 438. The fraction of sp³-hybridized carbons (Fsp3) is 0.143. The molecule has 13 heavy (non-hydrogen) atoms. The van der Waals surface area contributed by atoms with Gasteiger partial charge in [-0.05, 0) is 0 Å². The van der Waals surface area contributed by atoms with Crippen molar-refractivity contribution in [3.8, 4) is 5.75 Å². The molecule has 0 saturated carbocycles. The van der Waals surface area contributed by atoms with Gasteiger partial charge in [-0.1, -0.05) is 11.6 Å². The Kier molecular flexibility index (Phi) is 1.69. The minimum atomic E-state index is -2.90. The third-order valence-electron chi connectivity index (χ3n) is 1.30. The summed E-state index contributed by atoms with van der Waals surface area (Å²) in [6.45, 7) is 0. The molecule has 0 spiro atoms. The minimum Gasteiger partial charge on any atom is -0.493 e. The number of halogens is 2. The van der Waals surface area contributed by atoms with Crippen LogP contribution in [0.4, 0.5) is 10.1 Å². The quantitative estimate of drug-likeness (QED) is 0.554. The molecule has 1 aromatic carbocycles. The SMILES string of the molecule is [2H]C([2H])([2H])Oc1cc([N+](=O)[O-])cc(Cl)c1F. The van der Waals surface area contributed by atoms with Gasteiger partial charge in [0, 0.05) is 6.07 Å². The third kappa shape index (κ3) is 1.86. The van der Waals surface area contributed by atoms with Crippen molar-refractivity contribution in [3.63, 3.8) is 0 Å². The van der Waals surface area contributed by atoms with Crippen LogP contribution in [0.5, 0.6) is 5.75 Å². The van der Waals surface area contributed by atoms with Crippen molar-refractivity contribution in [2.75, 3.05) is 7.04 Å². The molecule has 0 N–H and O–H groups in total. The predicted octanol–water partition coefficient (Wildman–Crippen LogP) is 2.40. The molecule has 6 heteroatoms. The maximum absolute atomic E-state index is 13.2. The van der Waals surface area contributed by atoms with E-state index in [1.807, 2.05) is 0 Å². The van der Waals surface area contributed by atoms with E-state index in [0.717, 1.165) is 6.07 Å². The molecule has 4 nitrogen and oxygen atoms in total. The first-order valence-corrected chi connectivity index (χ1v) is 3.41. The summed E-state index contributed by atoms with van der Waals surface area (Å²) in [5.74, 6) is -1.93. The molecule has 0 aromatic heterocycles. The van der Waals surface area contributed by atoms with Crippen LogP contribution >= 0.6 is 11.6 Å². The van der Waals surface area contributed by atoms with Crippen LogP contribution in [0.25, 0.3) is 0 Å². The van der Waals surface area contributed by atoms with Gasteiger partial charge in [0.1, 0.15) is 0 Å². The molecule has 0 amide bonds. The van der Waals surface area contributed by atoms with Crippen LogP contribution in [-0.2, 0) is 0 Å². The zero-order valence-electron chi connectivity index (χ0n) is 9.08. The summed E-state index contributed by atoms with van der Waals surface area (Å²) in [6, 6.07) is 1.43. The van der Waals surface area contributed by atoms with Crippen molar-refractivity contribution in [2.45, 2.75) is 0 Å².